The highest BCUT2D eigenvalue weighted by Crippen LogP contribution is 2.51. The summed E-state index contributed by atoms with van der Waals surface area (Å²) >= 11 is 0. The molecule has 4 aliphatic carbocycles. The fourth-order valence-electron chi connectivity index (χ4n) is 11.6. The van der Waals surface area contributed by atoms with Gasteiger partial charge in [-0.1, -0.05) is 166 Å². The van der Waals surface area contributed by atoms with Crippen LogP contribution in [0.1, 0.15) is 56.2 Å². The fourth-order valence-corrected chi connectivity index (χ4v) is 11.6. The maximum Gasteiger partial charge on any atom is 0.143 e. The third-order valence-electron chi connectivity index (χ3n) is 15.0. The van der Waals surface area contributed by atoms with Crippen molar-refractivity contribution < 1.29 is 4.74 Å². The van der Waals surface area contributed by atoms with Gasteiger partial charge in [-0.05, 0) is 136 Å². The summed E-state index contributed by atoms with van der Waals surface area (Å²) < 4.78 is 9.22. The molecule has 1 fully saturated rings. The van der Waals surface area contributed by atoms with E-state index in [9.17, 15) is 0 Å². The molecule has 1 aromatic heterocycles. The molecule has 2 heterocycles. The molecule has 3 nitrogen and oxygen atoms in total. The first-order chi connectivity index (χ1) is 32.5. The van der Waals surface area contributed by atoms with E-state index in [2.05, 4.69) is 230 Å². The maximum absolute atomic E-state index is 6.73. The Bertz CT molecular complexity index is 3460. The van der Waals surface area contributed by atoms with Crippen molar-refractivity contribution in [1.82, 2.24) is 4.57 Å². The van der Waals surface area contributed by atoms with Gasteiger partial charge in [0.1, 0.15) is 11.9 Å². The van der Waals surface area contributed by atoms with Gasteiger partial charge in [-0.3, -0.25) is 0 Å². The summed E-state index contributed by atoms with van der Waals surface area (Å²) in [6.45, 7) is 4.74. The van der Waals surface area contributed by atoms with Crippen molar-refractivity contribution in [2.24, 2.45) is 5.92 Å². The van der Waals surface area contributed by atoms with Crippen LogP contribution >= 0.6 is 0 Å². The third kappa shape index (κ3) is 6.17. The molecule has 1 aliphatic heterocycles. The van der Waals surface area contributed by atoms with E-state index in [4.69, 9.17) is 4.74 Å². The van der Waals surface area contributed by atoms with E-state index in [1.54, 1.807) is 0 Å². The number of fused-ring (bicyclic) bond motifs is 9. The zero-order valence-corrected chi connectivity index (χ0v) is 37.4. The lowest BCUT2D eigenvalue weighted by molar-refractivity contribution is 0.184. The summed E-state index contributed by atoms with van der Waals surface area (Å²) in [5.41, 5.74) is 21.6. The van der Waals surface area contributed by atoms with Gasteiger partial charge in [0, 0.05) is 44.8 Å². The van der Waals surface area contributed by atoms with Gasteiger partial charge in [-0.15, -0.1) is 0 Å². The monoisotopic (exact) mass is 850 g/mol. The van der Waals surface area contributed by atoms with Gasteiger partial charge >= 0.3 is 0 Å². The number of benzene rings is 7. The zero-order chi connectivity index (χ0) is 43.9. The topological polar surface area (TPSA) is 17.4 Å². The van der Waals surface area contributed by atoms with Crippen LogP contribution in [-0.4, -0.2) is 10.7 Å². The molecule has 0 radical (unpaired) electrons. The Morgan fingerprint density at radius 3 is 2.08 bits per heavy atom. The predicted octanol–water partition coefficient (Wildman–Crippen LogP) is 16.4. The van der Waals surface area contributed by atoms with Gasteiger partial charge < -0.3 is 14.2 Å². The molecule has 3 heteroatoms. The van der Waals surface area contributed by atoms with Gasteiger partial charge in [0.05, 0.1) is 16.7 Å². The van der Waals surface area contributed by atoms with Gasteiger partial charge in [-0.2, -0.15) is 0 Å². The van der Waals surface area contributed by atoms with E-state index in [1.165, 1.54) is 100 Å². The van der Waals surface area contributed by atoms with Gasteiger partial charge in [0.2, 0.25) is 0 Å². The predicted molar refractivity (Wildman–Crippen MR) is 275 cm³/mol. The number of para-hydroxylation sites is 1. The number of ether oxygens (including phenoxy) is 1. The van der Waals surface area contributed by atoms with E-state index >= 15 is 0 Å². The Hall–Kier alpha value is -7.62. The molecular formula is C63H50N2O. The Labute approximate surface area is 387 Å². The summed E-state index contributed by atoms with van der Waals surface area (Å²) in [6, 6.07) is 60.9. The van der Waals surface area contributed by atoms with Crippen molar-refractivity contribution in [3.8, 4) is 33.4 Å². The number of allylic oxidation sites excluding steroid dienone is 9. The second kappa shape index (κ2) is 15.2. The van der Waals surface area contributed by atoms with E-state index in [1.807, 2.05) is 0 Å². The molecule has 66 heavy (non-hydrogen) atoms. The van der Waals surface area contributed by atoms with Crippen LogP contribution in [0.3, 0.4) is 0 Å². The maximum atomic E-state index is 6.73. The lowest BCUT2D eigenvalue weighted by atomic mass is 9.82. The van der Waals surface area contributed by atoms with Crippen LogP contribution in [0.2, 0.25) is 0 Å². The van der Waals surface area contributed by atoms with Crippen LogP contribution < -0.4 is 4.90 Å². The number of hydrogen-bond acceptors (Lipinski definition) is 2. The van der Waals surface area contributed by atoms with Crippen molar-refractivity contribution in [3.63, 3.8) is 0 Å². The van der Waals surface area contributed by atoms with E-state index in [0.29, 0.717) is 0 Å². The molecule has 8 aromatic rings. The van der Waals surface area contributed by atoms with Gasteiger partial charge in [0.15, 0.2) is 0 Å². The van der Waals surface area contributed by atoms with Crippen LogP contribution in [0.5, 0.6) is 0 Å². The number of rotatable bonds is 7. The number of nitrogens with zero attached hydrogens (tertiary/aromatic N) is 2. The molecule has 2 unspecified atom stereocenters. The van der Waals surface area contributed by atoms with Crippen molar-refractivity contribution in [1.29, 1.82) is 0 Å². The Balaban J connectivity index is 0.873. The molecule has 0 spiro atoms. The molecule has 13 rings (SSSR count). The molecule has 0 N–H and O–H groups in total. The summed E-state index contributed by atoms with van der Waals surface area (Å²) in [7, 11) is 0. The normalized spacial score (nSPS) is 18.8. The largest absolute Gasteiger partial charge is 0.483 e. The van der Waals surface area contributed by atoms with E-state index in [-0.39, 0.29) is 17.4 Å². The SMILES string of the molecule is CC1(C)c2ccccc2-c2ccc(N(C3=CC=C(c4ccc(-c5ccccc5)cc4)CC3)c3ccc(-c4ccc5c(c4)c4ccccc4n5C4=C5OC6C=CC=CC6C5=CCC4)cc3)cc21. The Morgan fingerprint density at radius 2 is 1.23 bits per heavy atom. The summed E-state index contributed by atoms with van der Waals surface area (Å²) in [4.78, 5) is 2.50. The highest BCUT2D eigenvalue weighted by Gasteiger charge is 2.39. The minimum atomic E-state index is -0.0937. The molecule has 7 aromatic carbocycles. The minimum Gasteiger partial charge on any atom is -0.483 e. The second-order valence-electron chi connectivity index (χ2n) is 19.0. The smallest absolute Gasteiger partial charge is 0.143 e. The molecule has 2 atom stereocenters. The summed E-state index contributed by atoms with van der Waals surface area (Å²) in [5.74, 6) is 1.35. The molecule has 1 saturated heterocycles. The van der Waals surface area contributed by atoms with Crippen LogP contribution in [0.15, 0.2) is 223 Å². The van der Waals surface area contributed by atoms with E-state index < -0.39 is 0 Å². The van der Waals surface area contributed by atoms with Gasteiger partial charge in [0.25, 0.3) is 0 Å². The molecule has 5 aliphatic rings. The number of hydrogen-bond donors (Lipinski definition) is 0. The quantitative estimate of drug-likeness (QED) is 0.159. The molecule has 0 saturated carbocycles. The molecule has 0 bridgehead atoms. The lowest BCUT2D eigenvalue weighted by Crippen LogP contribution is -2.20. The molecule has 0 amide bonds. The first-order valence-corrected chi connectivity index (χ1v) is 23.7. The number of anilines is 2. The first kappa shape index (κ1) is 38.8. The summed E-state index contributed by atoms with van der Waals surface area (Å²) in [5, 5.41) is 2.53. The summed E-state index contributed by atoms with van der Waals surface area (Å²) in [6.07, 6.45) is 19.8. The average Bonchev–Trinajstić information content (AvgIpc) is 4.00. The van der Waals surface area contributed by atoms with Gasteiger partial charge in [-0.25, -0.2) is 0 Å². The van der Waals surface area contributed by atoms with Crippen LogP contribution in [-0.2, 0) is 10.2 Å². The van der Waals surface area contributed by atoms with Crippen LogP contribution in [0.4, 0.5) is 11.4 Å². The highest BCUT2D eigenvalue weighted by atomic mass is 16.5. The van der Waals surface area contributed by atoms with Crippen molar-refractivity contribution in [2.75, 3.05) is 4.90 Å². The zero-order valence-electron chi connectivity index (χ0n) is 37.4. The van der Waals surface area contributed by atoms with Crippen LogP contribution in [0.25, 0.3) is 66.5 Å². The molecule has 318 valence electrons. The minimum absolute atomic E-state index is 0.0708. The standard InChI is InChI=1S/C63H50N2O/c1-63(2)56-19-9-6-15-50(56)51-37-36-49(40-57(51)63)64(47-32-27-44(28-33-47)43-25-23-42(24-26-43)41-13-4-3-5-14-41)48-34-29-45(30-35-48)46-31-38-59-55(39-46)52-16-7-10-20-58(52)65(59)60-21-12-18-54-53-17-8-11-22-61(53)66-62(54)60/h3-11,13-20,22-27,29-32,34-40,53,61H,12,21,28,33H2,1-2H3. The highest BCUT2D eigenvalue weighted by molar-refractivity contribution is 6.11. The number of aromatic nitrogens is 1. The first-order valence-electron chi connectivity index (χ1n) is 23.7. The van der Waals surface area contributed by atoms with Crippen molar-refractivity contribution >= 4 is 44.5 Å². The third-order valence-corrected chi connectivity index (χ3v) is 15.0. The van der Waals surface area contributed by atoms with Crippen LogP contribution in [0, 0.1) is 5.92 Å². The van der Waals surface area contributed by atoms with Crippen molar-refractivity contribution in [2.45, 2.75) is 51.0 Å². The van der Waals surface area contributed by atoms with Crippen molar-refractivity contribution in [3.05, 3.63) is 240 Å². The fraction of sp³-hybridized carbons (Fsp3) is 0.143. The molecular weight excluding hydrogens is 801 g/mol. The Kier molecular flexibility index (Phi) is 8.96. The average molecular weight is 851 g/mol. The Morgan fingerprint density at radius 1 is 0.545 bits per heavy atom. The lowest BCUT2D eigenvalue weighted by Gasteiger charge is -2.31. The van der Waals surface area contributed by atoms with E-state index in [0.717, 1.165) is 37.1 Å². The second-order valence-corrected chi connectivity index (χ2v) is 19.0.